The number of nitrogens with zero attached hydrogens (tertiary/aromatic N) is 1. The van der Waals surface area contributed by atoms with Crippen molar-refractivity contribution in [3.05, 3.63) is 45.7 Å². The molecule has 7 nitrogen and oxygen atoms in total. The van der Waals surface area contributed by atoms with Gasteiger partial charge >= 0.3 is 5.97 Å². The van der Waals surface area contributed by atoms with Crippen LogP contribution >= 0.6 is 22.9 Å². The second-order valence-corrected chi connectivity index (χ2v) is 10.6. The van der Waals surface area contributed by atoms with Gasteiger partial charge in [-0.05, 0) is 64.7 Å². The first-order chi connectivity index (χ1) is 16.0. The van der Waals surface area contributed by atoms with Gasteiger partial charge in [0, 0.05) is 17.0 Å². The summed E-state index contributed by atoms with van der Waals surface area (Å²) in [4.78, 5) is 41.8. The molecule has 0 aliphatic heterocycles. The summed E-state index contributed by atoms with van der Waals surface area (Å²) in [6, 6.07) is 3.59. The number of thiazole rings is 1. The highest BCUT2D eigenvalue weighted by Crippen LogP contribution is 2.26. The van der Waals surface area contributed by atoms with Crippen molar-refractivity contribution in [2.24, 2.45) is 5.92 Å². The molecule has 1 fully saturated rings. The summed E-state index contributed by atoms with van der Waals surface area (Å²) >= 11 is 6.84. The van der Waals surface area contributed by atoms with Gasteiger partial charge in [0.1, 0.15) is 17.1 Å². The molecule has 1 aromatic carbocycles. The number of aromatic nitrogens is 1. The highest BCUT2D eigenvalue weighted by Gasteiger charge is 2.28. The van der Waals surface area contributed by atoms with Crippen LogP contribution in [0, 0.1) is 11.7 Å². The molecule has 2 amide bonds. The highest BCUT2D eigenvalue weighted by atomic mass is 35.5. The van der Waals surface area contributed by atoms with Crippen molar-refractivity contribution in [1.29, 1.82) is 0 Å². The van der Waals surface area contributed by atoms with Gasteiger partial charge in [-0.3, -0.25) is 19.7 Å². The SMILES string of the molecule is CC(C)(C)OC(=O)C1CCCCC(NC(=O)c2csc(NC(=O)c3ccc(F)c(Cl)c3)n2)CC1. The molecule has 2 N–H and O–H groups in total. The zero-order valence-corrected chi connectivity index (χ0v) is 21.0. The summed E-state index contributed by atoms with van der Waals surface area (Å²) in [6.45, 7) is 5.57. The van der Waals surface area contributed by atoms with Crippen molar-refractivity contribution in [2.75, 3.05) is 5.32 Å². The lowest BCUT2D eigenvalue weighted by molar-refractivity contribution is -0.160. The number of amides is 2. The van der Waals surface area contributed by atoms with E-state index in [1.54, 1.807) is 5.38 Å². The maximum Gasteiger partial charge on any atom is 0.309 e. The Bertz CT molecular complexity index is 1050. The molecule has 3 rings (SSSR count). The minimum absolute atomic E-state index is 0.0705. The lowest BCUT2D eigenvalue weighted by atomic mass is 9.88. The van der Waals surface area contributed by atoms with Crippen molar-refractivity contribution in [2.45, 2.75) is 70.9 Å². The first-order valence-corrected chi connectivity index (χ1v) is 12.5. The lowest BCUT2D eigenvalue weighted by Gasteiger charge is -2.27. The normalized spacial score (nSPS) is 19.0. The predicted molar refractivity (Wildman–Crippen MR) is 130 cm³/mol. The van der Waals surface area contributed by atoms with Crippen LogP contribution in [-0.2, 0) is 9.53 Å². The van der Waals surface area contributed by atoms with E-state index in [-0.39, 0.29) is 45.2 Å². The molecule has 0 radical (unpaired) electrons. The van der Waals surface area contributed by atoms with E-state index < -0.39 is 17.3 Å². The average Bonchev–Trinajstić information content (AvgIpc) is 3.19. The Morgan fingerprint density at radius 3 is 2.56 bits per heavy atom. The Morgan fingerprint density at radius 1 is 1.12 bits per heavy atom. The minimum Gasteiger partial charge on any atom is -0.460 e. The third kappa shape index (κ3) is 7.50. The molecule has 1 saturated carbocycles. The van der Waals surface area contributed by atoms with Gasteiger partial charge in [-0.2, -0.15) is 0 Å². The van der Waals surface area contributed by atoms with E-state index in [1.165, 1.54) is 12.1 Å². The van der Waals surface area contributed by atoms with Crippen LogP contribution in [0.3, 0.4) is 0 Å². The van der Waals surface area contributed by atoms with Crippen LogP contribution in [0.15, 0.2) is 23.6 Å². The molecule has 0 saturated heterocycles. The molecule has 1 aliphatic carbocycles. The quantitative estimate of drug-likeness (QED) is 0.511. The number of halogens is 2. The average molecular weight is 510 g/mol. The second kappa shape index (κ2) is 11.3. The molecule has 1 heterocycles. The molecular formula is C24H29ClFN3O4S. The van der Waals surface area contributed by atoms with Crippen molar-refractivity contribution in [3.63, 3.8) is 0 Å². The topological polar surface area (TPSA) is 97.4 Å². The smallest absolute Gasteiger partial charge is 0.309 e. The third-order valence-electron chi connectivity index (χ3n) is 5.43. The fourth-order valence-corrected chi connectivity index (χ4v) is 4.61. The molecule has 34 heavy (non-hydrogen) atoms. The van der Waals surface area contributed by atoms with Crippen molar-refractivity contribution < 1.29 is 23.5 Å². The van der Waals surface area contributed by atoms with Crippen LogP contribution in [0.2, 0.25) is 5.02 Å². The van der Waals surface area contributed by atoms with E-state index in [9.17, 15) is 18.8 Å². The van der Waals surface area contributed by atoms with E-state index >= 15 is 0 Å². The number of hydrogen-bond donors (Lipinski definition) is 2. The summed E-state index contributed by atoms with van der Waals surface area (Å²) in [7, 11) is 0. The molecule has 2 aromatic rings. The molecule has 1 aliphatic rings. The predicted octanol–water partition coefficient (Wildman–Crippen LogP) is 5.60. The Balaban J connectivity index is 1.55. The fourth-order valence-electron chi connectivity index (χ4n) is 3.74. The van der Waals surface area contributed by atoms with Crippen molar-refractivity contribution in [3.8, 4) is 0 Å². The van der Waals surface area contributed by atoms with Gasteiger partial charge in [0.2, 0.25) is 0 Å². The Hall–Kier alpha value is -2.52. The van der Waals surface area contributed by atoms with Gasteiger partial charge in [-0.15, -0.1) is 11.3 Å². The summed E-state index contributed by atoms with van der Waals surface area (Å²) in [6.07, 6.45) is 4.75. The van der Waals surface area contributed by atoms with E-state index in [2.05, 4.69) is 15.6 Å². The van der Waals surface area contributed by atoms with Crippen LogP contribution in [-0.4, -0.2) is 34.4 Å². The van der Waals surface area contributed by atoms with Gasteiger partial charge in [-0.1, -0.05) is 24.4 Å². The second-order valence-electron chi connectivity index (χ2n) is 9.38. The zero-order chi connectivity index (χ0) is 24.9. The molecule has 10 heteroatoms. The maximum absolute atomic E-state index is 13.3. The fraction of sp³-hybridized carbons (Fsp3) is 0.500. The number of anilines is 1. The van der Waals surface area contributed by atoms with Gasteiger partial charge in [0.15, 0.2) is 5.13 Å². The van der Waals surface area contributed by atoms with Crippen LogP contribution in [0.25, 0.3) is 0 Å². The molecule has 184 valence electrons. The van der Waals surface area contributed by atoms with Crippen LogP contribution < -0.4 is 10.6 Å². The maximum atomic E-state index is 13.3. The Morgan fingerprint density at radius 2 is 1.85 bits per heavy atom. The van der Waals surface area contributed by atoms with Gasteiger partial charge in [0.25, 0.3) is 11.8 Å². The summed E-state index contributed by atoms with van der Waals surface area (Å²) < 4.78 is 18.8. The Labute approximate surface area is 207 Å². The van der Waals surface area contributed by atoms with Crippen LogP contribution in [0.1, 0.15) is 80.1 Å². The summed E-state index contributed by atoms with van der Waals surface area (Å²) in [5, 5.41) is 7.26. The number of nitrogens with one attached hydrogen (secondary N) is 2. The monoisotopic (exact) mass is 509 g/mol. The van der Waals surface area contributed by atoms with Crippen molar-refractivity contribution >= 4 is 45.9 Å². The third-order valence-corrected chi connectivity index (χ3v) is 6.48. The number of carbonyl (C=O) groups excluding carboxylic acids is 3. The zero-order valence-electron chi connectivity index (χ0n) is 19.5. The lowest BCUT2D eigenvalue weighted by Crippen LogP contribution is -2.37. The number of carbonyl (C=O) groups is 3. The highest BCUT2D eigenvalue weighted by molar-refractivity contribution is 7.14. The van der Waals surface area contributed by atoms with Gasteiger partial charge in [-0.25, -0.2) is 9.37 Å². The number of benzene rings is 1. The van der Waals surface area contributed by atoms with Crippen LogP contribution in [0.5, 0.6) is 0 Å². The number of ether oxygens (including phenoxy) is 1. The molecule has 2 atom stereocenters. The van der Waals surface area contributed by atoms with Gasteiger partial charge in [0.05, 0.1) is 10.9 Å². The van der Waals surface area contributed by atoms with Crippen LogP contribution in [0.4, 0.5) is 9.52 Å². The van der Waals surface area contributed by atoms with E-state index in [4.69, 9.17) is 16.3 Å². The molecule has 0 spiro atoms. The molecule has 1 aromatic heterocycles. The summed E-state index contributed by atoms with van der Waals surface area (Å²) in [5.74, 6) is -1.79. The van der Waals surface area contributed by atoms with E-state index in [0.29, 0.717) is 12.8 Å². The molecule has 0 bridgehead atoms. The largest absolute Gasteiger partial charge is 0.460 e. The van der Waals surface area contributed by atoms with Crippen molar-refractivity contribution in [1.82, 2.24) is 10.3 Å². The molecule has 2 unspecified atom stereocenters. The number of hydrogen-bond acceptors (Lipinski definition) is 6. The number of rotatable bonds is 5. The molecular weight excluding hydrogens is 481 g/mol. The summed E-state index contributed by atoms with van der Waals surface area (Å²) in [5.41, 5.74) is -0.141. The Kier molecular flexibility index (Phi) is 8.65. The number of esters is 1. The van der Waals surface area contributed by atoms with Gasteiger partial charge < -0.3 is 10.1 Å². The standard InChI is InChI=1S/C24H29ClFN3O4S/c1-24(2,3)33-22(32)14-6-4-5-7-16(10-8-14)27-21(31)19-13-34-23(28-19)29-20(30)15-9-11-18(26)17(25)12-15/h9,11-14,16H,4-8,10H2,1-3H3,(H,27,31)(H,28,29,30). The van der Waals surface area contributed by atoms with E-state index in [0.717, 1.165) is 43.1 Å². The first kappa shape index (κ1) is 26.1. The van der Waals surface area contributed by atoms with E-state index in [1.807, 2.05) is 20.8 Å². The first-order valence-electron chi connectivity index (χ1n) is 11.3. The minimum atomic E-state index is -0.613.